The van der Waals surface area contributed by atoms with Gasteiger partial charge >= 0.3 is 0 Å². The lowest BCUT2D eigenvalue weighted by atomic mass is 9.84. The Labute approximate surface area is 418 Å². The van der Waals surface area contributed by atoms with Crippen LogP contribution in [0.3, 0.4) is 0 Å². The molecule has 2 saturated carbocycles. The quantitative estimate of drug-likeness (QED) is 0.0845. The van der Waals surface area contributed by atoms with Crippen molar-refractivity contribution < 1.29 is 62.2 Å². The molecule has 0 spiro atoms. The van der Waals surface area contributed by atoms with Gasteiger partial charge in [-0.2, -0.15) is 19.0 Å². The number of hydrogen-bond donors (Lipinski definition) is 3. The summed E-state index contributed by atoms with van der Waals surface area (Å²) >= 11 is 6.80. The third-order valence-corrected chi connectivity index (χ3v) is 15.2. The number of piperidine rings is 1. The van der Waals surface area contributed by atoms with E-state index in [1.165, 1.54) is 22.9 Å². The summed E-state index contributed by atoms with van der Waals surface area (Å²) in [6.07, 6.45) is -5.19. The maximum atomic E-state index is 15.7. The van der Waals surface area contributed by atoms with Gasteiger partial charge in [0.2, 0.25) is 21.9 Å². The molecule has 10 rings (SSSR count). The van der Waals surface area contributed by atoms with E-state index in [2.05, 4.69) is 25.2 Å². The number of nitrogens with zero attached hydrogens (tertiary/aromatic N) is 8. The Bertz CT molecular complexity index is 3390. The lowest BCUT2D eigenvalue weighted by molar-refractivity contribution is -0.123. The highest BCUT2D eigenvalue weighted by atomic mass is 35.5. The number of benzene rings is 2. The predicted molar refractivity (Wildman–Crippen MR) is 247 cm³/mol. The number of rotatable bonds is 15. The zero-order valence-electron chi connectivity index (χ0n) is 39.0. The molecule has 1 amide bonds. The van der Waals surface area contributed by atoms with Crippen LogP contribution in [0.5, 0.6) is 0 Å². The summed E-state index contributed by atoms with van der Waals surface area (Å²) in [6, 6.07) is 4.50. The van der Waals surface area contributed by atoms with Crippen LogP contribution in [0.4, 0.5) is 49.7 Å². The van der Waals surface area contributed by atoms with Crippen molar-refractivity contribution in [3.05, 3.63) is 103 Å². The molecule has 396 valence electrons. The molecule has 2 aromatic carbocycles. The Morgan fingerprint density at radius 2 is 1.58 bits per heavy atom. The summed E-state index contributed by atoms with van der Waals surface area (Å²) in [5.74, 6) is -16.5. The van der Waals surface area contributed by atoms with Gasteiger partial charge in [-0.15, -0.1) is 0 Å². The lowest BCUT2D eigenvalue weighted by Gasteiger charge is -2.31. The molecule has 4 aliphatic rings. The van der Waals surface area contributed by atoms with E-state index >= 15 is 13.6 Å². The number of pyridine rings is 1. The minimum Gasteiger partial charge on any atom is -0.392 e. The number of likely N-dealkylation sites (tertiary alicyclic amines) is 1. The molecule has 74 heavy (non-hydrogen) atoms. The average molecular weight is 1090 g/mol. The van der Waals surface area contributed by atoms with Crippen LogP contribution < -0.4 is 15.6 Å². The molecule has 4 aromatic heterocycles. The number of nitrogens with one attached hydrogen (secondary N) is 2. The molecular weight excluding hydrogens is 1040 g/mol. The van der Waals surface area contributed by atoms with Crippen molar-refractivity contribution in [3.8, 4) is 5.69 Å². The van der Waals surface area contributed by atoms with Gasteiger partial charge in [-0.05, 0) is 66.6 Å². The monoisotopic (exact) mass is 1090 g/mol. The molecule has 3 fully saturated rings. The summed E-state index contributed by atoms with van der Waals surface area (Å²) in [5, 5.41) is 21.1. The van der Waals surface area contributed by atoms with E-state index < -0.39 is 149 Å². The first-order chi connectivity index (χ1) is 34.8. The smallest absolute Gasteiger partial charge is 0.293 e. The van der Waals surface area contributed by atoms with Crippen LogP contribution in [-0.2, 0) is 46.9 Å². The van der Waals surface area contributed by atoms with Crippen LogP contribution in [0.15, 0.2) is 41.2 Å². The molecule has 3 aliphatic carbocycles. The molecule has 0 radical (unpaired) electrons. The van der Waals surface area contributed by atoms with Gasteiger partial charge in [0.25, 0.3) is 23.8 Å². The molecule has 6 aromatic rings. The van der Waals surface area contributed by atoms with Crippen molar-refractivity contribution in [3.63, 3.8) is 0 Å². The van der Waals surface area contributed by atoms with Crippen LogP contribution in [0.1, 0.15) is 109 Å². The van der Waals surface area contributed by atoms with Gasteiger partial charge in [-0.1, -0.05) is 11.6 Å². The fourth-order valence-electron chi connectivity index (χ4n) is 10.7. The van der Waals surface area contributed by atoms with Crippen LogP contribution >= 0.6 is 11.6 Å². The zero-order chi connectivity index (χ0) is 53.0. The van der Waals surface area contributed by atoms with Gasteiger partial charge in [0, 0.05) is 80.9 Å². The lowest BCUT2D eigenvalue weighted by Crippen LogP contribution is -2.40. The number of carbonyl (C=O) groups excluding carboxylic acids is 1. The van der Waals surface area contributed by atoms with Crippen LogP contribution in [0, 0.1) is 17.6 Å². The normalized spacial score (nSPS) is 20.8. The Kier molecular flexibility index (Phi) is 13.1. The topological polar surface area (TPSA) is 182 Å². The molecular formula is C47H45ClF10N10O5S. The van der Waals surface area contributed by atoms with Crippen LogP contribution in [0.25, 0.3) is 27.6 Å². The Balaban J connectivity index is 1.19. The van der Waals surface area contributed by atoms with Crippen molar-refractivity contribution in [1.82, 2.24) is 44.3 Å². The van der Waals surface area contributed by atoms with Crippen molar-refractivity contribution in [2.24, 2.45) is 5.92 Å². The number of aliphatic hydroxyl groups is 1. The number of hydrogen-bond acceptors (Lipinski definition) is 10. The minimum absolute atomic E-state index is 0.0275. The summed E-state index contributed by atoms with van der Waals surface area (Å²) in [6.45, 7) is -2.09. The first kappa shape index (κ1) is 51.6. The molecule has 5 heterocycles. The van der Waals surface area contributed by atoms with E-state index in [9.17, 15) is 53.4 Å². The number of halogens is 11. The van der Waals surface area contributed by atoms with Gasteiger partial charge in [0.05, 0.1) is 52.4 Å². The third kappa shape index (κ3) is 9.81. The molecule has 1 saturated heterocycles. The second-order valence-corrected chi connectivity index (χ2v) is 21.7. The Morgan fingerprint density at radius 3 is 2.23 bits per heavy atom. The standard InChI is InChI=1S/C47H45ClF10N10O5S/c1-74(72,73)64-42-36-29(48)2-3-32(38(36)66(63-42)13-12-65-10-8-46(55,56)9-11-65)68-43(61-41-34(44(68)71)24(21-69)17-30(60-41)23-4-6-45(53,54)7-5-23)31(16-22-14-25(49)18-26(50)15-22)59-33(70)20-67-39-35(37(62-67)40(51)52)27-19-28(27)47(39,57)58/h2-3,14-15,17-18,23,27-28,31,40,69H,4-13,16,19-21H2,1H3,(H,59,70)(H,63,64)/t27-,28+,31-/m0/s1. The van der Waals surface area contributed by atoms with Gasteiger partial charge in [-0.3, -0.25) is 28.2 Å². The molecule has 15 nitrogen and oxygen atoms in total. The summed E-state index contributed by atoms with van der Waals surface area (Å²) in [7, 11) is -4.12. The van der Waals surface area contributed by atoms with Gasteiger partial charge < -0.3 is 15.3 Å². The zero-order valence-corrected chi connectivity index (χ0v) is 40.5. The molecule has 27 heteroatoms. The molecule has 3 atom stereocenters. The molecule has 1 aliphatic heterocycles. The van der Waals surface area contributed by atoms with Crippen molar-refractivity contribution in [2.45, 2.75) is 113 Å². The number of fused-ring (bicyclic) bond motifs is 5. The Morgan fingerprint density at radius 1 is 0.905 bits per heavy atom. The second kappa shape index (κ2) is 18.8. The van der Waals surface area contributed by atoms with Gasteiger partial charge in [0.15, 0.2) is 11.5 Å². The van der Waals surface area contributed by atoms with E-state index in [0.29, 0.717) is 10.7 Å². The molecule has 0 unspecified atom stereocenters. The first-order valence-electron chi connectivity index (χ1n) is 23.5. The highest BCUT2D eigenvalue weighted by molar-refractivity contribution is 7.92. The first-order valence-corrected chi connectivity index (χ1v) is 25.8. The van der Waals surface area contributed by atoms with Crippen LogP contribution in [0.2, 0.25) is 5.02 Å². The Hall–Kier alpha value is -5.86. The SMILES string of the molecule is CS(=O)(=O)Nc1nn(CCN2CCC(F)(F)CC2)c2c(-n3c([C@H](Cc4cc(F)cc(F)c4)NC(=O)Cn4nc(C(F)F)c5c4C(F)(F)[C@@H]4C[C@H]54)nc4nc(C5CCC(F)(F)CC5)cc(CO)c4c3=O)ccc(Cl)c12. The van der Waals surface area contributed by atoms with Crippen molar-refractivity contribution in [2.75, 3.05) is 30.6 Å². The molecule has 3 N–H and O–H groups in total. The predicted octanol–water partition coefficient (Wildman–Crippen LogP) is 8.39. The summed E-state index contributed by atoms with van der Waals surface area (Å²) < 4.78 is 178. The van der Waals surface area contributed by atoms with E-state index in [1.807, 2.05) is 0 Å². The molecule has 0 bridgehead atoms. The maximum Gasteiger partial charge on any atom is 0.293 e. The van der Waals surface area contributed by atoms with E-state index in [-0.39, 0.29) is 101 Å². The number of anilines is 1. The van der Waals surface area contributed by atoms with Crippen molar-refractivity contribution in [1.29, 1.82) is 0 Å². The van der Waals surface area contributed by atoms with E-state index in [1.54, 1.807) is 4.90 Å². The minimum atomic E-state index is -4.12. The van der Waals surface area contributed by atoms with Crippen molar-refractivity contribution >= 4 is 55.3 Å². The third-order valence-electron chi connectivity index (χ3n) is 14.3. The fourth-order valence-corrected chi connectivity index (χ4v) is 11.5. The van der Waals surface area contributed by atoms with Crippen LogP contribution in [-0.4, -0.2) is 96.2 Å². The highest BCUT2D eigenvalue weighted by Gasteiger charge is 2.67. The van der Waals surface area contributed by atoms with E-state index in [0.717, 1.165) is 23.0 Å². The number of alkyl halides is 8. The fraction of sp³-hybridized carbons (Fsp3) is 0.489. The second-order valence-electron chi connectivity index (χ2n) is 19.5. The highest BCUT2D eigenvalue weighted by Crippen LogP contribution is 2.68. The summed E-state index contributed by atoms with van der Waals surface area (Å²) in [5.41, 5.74) is -3.96. The maximum absolute atomic E-state index is 15.7. The number of sulfonamides is 1. The van der Waals surface area contributed by atoms with Gasteiger partial charge in [-0.25, -0.2) is 53.5 Å². The van der Waals surface area contributed by atoms with E-state index in [4.69, 9.17) is 16.6 Å². The van der Waals surface area contributed by atoms with Gasteiger partial charge in [0.1, 0.15) is 35.4 Å². The summed E-state index contributed by atoms with van der Waals surface area (Å²) in [4.78, 5) is 41.1. The largest absolute Gasteiger partial charge is 0.392 e. The number of amides is 1. The number of aliphatic hydroxyl groups excluding tert-OH is 1. The number of carbonyl (C=O) groups is 1. The number of aromatic nitrogens is 7. The average Bonchev–Trinajstić information content (AvgIpc) is 3.83.